The largest absolute Gasteiger partial charge is 0.360 e. The summed E-state index contributed by atoms with van der Waals surface area (Å²) < 4.78 is 5.24. The Balaban J connectivity index is 1.46. The van der Waals surface area contributed by atoms with Crippen LogP contribution in [0.4, 0.5) is 0 Å². The maximum Gasteiger partial charge on any atom is 0.273 e. The zero-order valence-corrected chi connectivity index (χ0v) is 15.0. The summed E-state index contributed by atoms with van der Waals surface area (Å²) >= 11 is 0. The first-order valence-corrected chi connectivity index (χ1v) is 9.25. The summed E-state index contributed by atoms with van der Waals surface area (Å²) in [6.45, 7) is 5.32. The number of nitrogens with two attached hydrogens (primary N) is 1. The van der Waals surface area contributed by atoms with Crippen molar-refractivity contribution in [3.63, 3.8) is 0 Å². The van der Waals surface area contributed by atoms with E-state index in [-0.39, 0.29) is 23.9 Å². The molecule has 2 fully saturated rings. The lowest BCUT2D eigenvalue weighted by molar-refractivity contribution is -0.133. The number of likely N-dealkylation sites (tertiary alicyclic amines) is 1. The fourth-order valence-electron chi connectivity index (χ4n) is 3.41. The van der Waals surface area contributed by atoms with Gasteiger partial charge < -0.3 is 20.5 Å². The molecule has 1 saturated heterocycles. The molecule has 2 atom stereocenters. The van der Waals surface area contributed by atoms with Crippen LogP contribution in [0, 0.1) is 5.92 Å². The molecule has 3 rings (SSSR count). The summed E-state index contributed by atoms with van der Waals surface area (Å²) in [7, 11) is 0. The number of amides is 2. The lowest BCUT2D eigenvalue weighted by atomic mass is 9.90. The number of nitrogens with one attached hydrogen (secondary N) is 1. The van der Waals surface area contributed by atoms with Gasteiger partial charge >= 0.3 is 0 Å². The Labute approximate surface area is 148 Å². The summed E-state index contributed by atoms with van der Waals surface area (Å²) in [5, 5.41) is 6.92. The molecule has 0 bridgehead atoms. The Morgan fingerprint density at radius 2 is 2.00 bits per heavy atom. The molecule has 1 aliphatic heterocycles. The molecule has 2 heterocycles. The number of nitrogens with zero attached hydrogens (tertiary/aromatic N) is 2. The highest BCUT2D eigenvalue weighted by Gasteiger charge is 2.30. The molecule has 0 spiro atoms. The Morgan fingerprint density at radius 3 is 2.60 bits per heavy atom. The number of piperidine rings is 1. The third-order valence-corrected chi connectivity index (χ3v) is 5.20. The molecule has 138 valence electrons. The van der Waals surface area contributed by atoms with Gasteiger partial charge in [0.05, 0.1) is 0 Å². The molecule has 25 heavy (non-hydrogen) atoms. The molecule has 1 saturated carbocycles. The van der Waals surface area contributed by atoms with Gasteiger partial charge in [-0.05, 0) is 45.4 Å². The molecule has 0 radical (unpaired) electrons. The van der Waals surface area contributed by atoms with Crippen LogP contribution in [0.1, 0.15) is 68.1 Å². The van der Waals surface area contributed by atoms with Gasteiger partial charge in [-0.1, -0.05) is 5.16 Å². The van der Waals surface area contributed by atoms with E-state index in [1.54, 1.807) is 6.07 Å². The van der Waals surface area contributed by atoms with Gasteiger partial charge in [-0.3, -0.25) is 9.59 Å². The topological polar surface area (TPSA) is 101 Å². The van der Waals surface area contributed by atoms with Crippen molar-refractivity contribution in [3.8, 4) is 0 Å². The summed E-state index contributed by atoms with van der Waals surface area (Å²) in [5.74, 6) is 1.57. The van der Waals surface area contributed by atoms with E-state index < -0.39 is 0 Å². The highest BCUT2D eigenvalue weighted by Crippen LogP contribution is 2.40. The molecule has 7 heteroatoms. The molecule has 2 aliphatic rings. The van der Waals surface area contributed by atoms with E-state index in [9.17, 15) is 9.59 Å². The second-order valence-electron chi connectivity index (χ2n) is 7.55. The SMILES string of the molecule is CC(NC(=O)c1cc(C2CC2)on1)C1CCN(C(=O)C[C@H](C)N)CC1. The van der Waals surface area contributed by atoms with Gasteiger partial charge in [0.1, 0.15) is 5.76 Å². The number of aromatic nitrogens is 1. The third kappa shape index (κ3) is 4.60. The van der Waals surface area contributed by atoms with Crippen LogP contribution >= 0.6 is 0 Å². The van der Waals surface area contributed by atoms with Crippen molar-refractivity contribution in [1.29, 1.82) is 0 Å². The molecule has 1 aromatic heterocycles. The van der Waals surface area contributed by atoms with Crippen LogP contribution < -0.4 is 11.1 Å². The summed E-state index contributed by atoms with van der Waals surface area (Å²) in [5.41, 5.74) is 6.06. The first kappa shape index (κ1) is 17.9. The van der Waals surface area contributed by atoms with E-state index >= 15 is 0 Å². The Hall–Kier alpha value is -1.89. The molecule has 1 aliphatic carbocycles. The fourth-order valence-corrected chi connectivity index (χ4v) is 3.41. The van der Waals surface area contributed by atoms with Crippen LogP contribution in [0.3, 0.4) is 0 Å². The van der Waals surface area contributed by atoms with Crippen molar-refractivity contribution in [1.82, 2.24) is 15.4 Å². The summed E-state index contributed by atoms with van der Waals surface area (Å²) in [6.07, 6.45) is 4.41. The van der Waals surface area contributed by atoms with Gasteiger partial charge in [0.2, 0.25) is 5.91 Å². The standard InChI is InChI=1S/C18H28N4O3/c1-11(19)9-17(23)22-7-5-13(6-8-22)12(2)20-18(24)15-10-16(25-21-15)14-3-4-14/h10-14H,3-9,19H2,1-2H3,(H,20,24)/t11-,12?/m0/s1. The van der Waals surface area contributed by atoms with Gasteiger partial charge in [-0.15, -0.1) is 0 Å². The second-order valence-corrected chi connectivity index (χ2v) is 7.55. The van der Waals surface area contributed by atoms with Crippen molar-refractivity contribution >= 4 is 11.8 Å². The highest BCUT2D eigenvalue weighted by molar-refractivity contribution is 5.92. The quantitative estimate of drug-likeness (QED) is 0.814. The van der Waals surface area contributed by atoms with Crippen LogP contribution in [0.5, 0.6) is 0 Å². The first-order valence-electron chi connectivity index (χ1n) is 9.25. The van der Waals surface area contributed by atoms with Crippen molar-refractivity contribution in [2.45, 2.75) is 64.0 Å². The van der Waals surface area contributed by atoms with Crippen LogP contribution in [0.2, 0.25) is 0 Å². The zero-order chi connectivity index (χ0) is 18.0. The van der Waals surface area contributed by atoms with Crippen molar-refractivity contribution < 1.29 is 14.1 Å². The molecule has 3 N–H and O–H groups in total. The van der Waals surface area contributed by atoms with Gasteiger partial charge in [0, 0.05) is 43.6 Å². The second kappa shape index (κ2) is 7.56. The number of carbonyl (C=O) groups excluding carboxylic acids is 2. The molecule has 2 amide bonds. The van der Waals surface area contributed by atoms with Crippen molar-refractivity contribution in [2.24, 2.45) is 11.7 Å². The van der Waals surface area contributed by atoms with E-state index in [4.69, 9.17) is 10.3 Å². The van der Waals surface area contributed by atoms with E-state index in [2.05, 4.69) is 10.5 Å². The van der Waals surface area contributed by atoms with Gasteiger partial charge in [0.15, 0.2) is 5.69 Å². The Bertz CT molecular complexity index is 616. The van der Waals surface area contributed by atoms with E-state index in [1.807, 2.05) is 18.7 Å². The number of rotatable bonds is 6. The van der Waals surface area contributed by atoms with Crippen LogP contribution in [0.25, 0.3) is 0 Å². The summed E-state index contributed by atoms with van der Waals surface area (Å²) in [4.78, 5) is 26.3. The smallest absolute Gasteiger partial charge is 0.273 e. The fraction of sp³-hybridized carbons (Fsp3) is 0.722. The van der Waals surface area contributed by atoms with Gasteiger partial charge in [0.25, 0.3) is 5.91 Å². The highest BCUT2D eigenvalue weighted by atomic mass is 16.5. The van der Waals surface area contributed by atoms with Crippen molar-refractivity contribution in [2.75, 3.05) is 13.1 Å². The molecule has 1 aromatic rings. The number of hydrogen-bond donors (Lipinski definition) is 2. The Morgan fingerprint density at radius 1 is 1.32 bits per heavy atom. The summed E-state index contributed by atoms with van der Waals surface area (Å²) in [6, 6.07) is 1.69. The Kier molecular flexibility index (Phi) is 5.42. The van der Waals surface area contributed by atoms with E-state index in [1.165, 1.54) is 0 Å². The average molecular weight is 348 g/mol. The van der Waals surface area contributed by atoms with Gasteiger partial charge in [-0.2, -0.15) is 0 Å². The van der Waals surface area contributed by atoms with E-state index in [0.717, 1.165) is 44.5 Å². The maximum absolute atomic E-state index is 12.3. The molecule has 1 unspecified atom stereocenters. The van der Waals surface area contributed by atoms with Gasteiger partial charge in [-0.25, -0.2) is 0 Å². The monoisotopic (exact) mass is 348 g/mol. The lowest BCUT2D eigenvalue weighted by Crippen LogP contribution is -2.46. The zero-order valence-electron chi connectivity index (χ0n) is 15.0. The number of carbonyl (C=O) groups is 2. The molecule has 0 aromatic carbocycles. The first-order chi connectivity index (χ1) is 11.9. The minimum absolute atomic E-state index is 0.0410. The van der Waals surface area contributed by atoms with Crippen LogP contribution in [-0.4, -0.2) is 47.0 Å². The van der Waals surface area contributed by atoms with Crippen LogP contribution in [0.15, 0.2) is 10.6 Å². The maximum atomic E-state index is 12.3. The average Bonchev–Trinajstić information content (AvgIpc) is 3.31. The normalized spacial score (nSPS) is 21.0. The predicted octanol–water partition coefficient (Wildman–Crippen LogP) is 1.65. The molecular formula is C18H28N4O3. The van der Waals surface area contributed by atoms with Crippen molar-refractivity contribution in [3.05, 3.63) is 17.5 Å². The molecular weight excluding hydrogens is 320 g/mol. The van der Waals surface area contributed by atoms with E-state index in [0.29, 0.717) is 24.0 Å². The number of hydrogen-bond acceptors (Lipinski definition) is 5. The minimum Gasteiger partial charge on any atom is -0.360 e. The lowest BCUT2D eigenvalue weighted by Gasteiger charge is -2.35. The third-order valence-electron chi connectivity index (χ3n) is 5.20. The van der Waals surface area contributed by atoms with Crippen LogP contribution in [-0.2, 0) is 4.79 Å². The predicted molar refractivity (Wildman–Crippen MR) is 93.0 cm³/mol. The molecule has 7 nitrogen and oxygen atoms in total. The minimum atomic E-state index is -0.182.